The van der Waals surface area contributed by atoms with Crippen molar-refractivity contribution in [1.29, 1.82) is 0 Å². The predicted octanol–water partition coefficient (Wildman–Crippen LogP) is 2.44. The van der Waals surface area contributed by atoms with Crippen LogP contribution in [-0.2, 0) is 14.4 Å². The summed E-state index contributed by atoms with van der Waals surface area (Å²) in [7, 11) is 0. The van der Waals surface area contributed by atoms with Crippen molar-refractivity contribution in [3.63, 3.8) is 0 Å². The standard InChI is InChI=1S/C15H16O4/c1-15(2)8-12(17)14(13(18)9-15)11(16)6-5-10-4-3-7-19-10/h3-7,14H,8-9H2,1-2H3/b6-5+. The first kappa shape index (κ1) is 13.5. The van der Waals surface area contributed by atoms with E-state index in [0.717, 1.165) is 0 Å². The molecule has 1 heterocycles. The van der Waals surface area contributed by atoms with Crippen molar-refractivity contribution in [3.05, 3.63) is 30.2 Å². The van der Waals surface area contributed by atoms with Crippen LogP contribution in [0.25, 0.3) is 6.08 Å². The minimum atomic E-state index is -1.13. The van der Waals surface area contributed by atoms with Gasteiger partial charge in [0, 0.05) is 12.8 Å². The Balaban J connectivity index is 2.11. The minimum absolute atomic E-state index is 0.268. The highest BCUT2D eigenvalue weighted by atomic mass is 16.3. The average molecular weight is 260 g/mol. The van der Waals surface area contributed by atoms with Gasteiger partial charge in [-0.05, 0) is 29.7 Å². The van der Waals surface area contributed by atoms with Crippen LogP contribution in [0.5, 0.6) is 0 Å². The number of hydrogen-bond acceptors (Lipinski definition) is 4. The summed E-state index contributed by atoms with van der Waals surface area (Å²) in [5.74, 6) is -1.63. The van der Waals surface area contributed by atoms with Gasteiger partial charge in [0.05, 0.1) is 6.26 Å². The van der Waals surface area contributed by atoms with E-state index in [1.165, 1.54) is 18.4 Å². The monoisotopic (exact) mass is 260 g/mol. The molecule has 0 spiro atoms. The molecule has 0 N–H and O–H groups in total. The van der Waals surface area contributed by atoms with Gasteiger partial charge in [-0.1, -0.05) is 13.8 Å². The maximum absolute atomic E-state index is 12.0. The van der Waals surface area contributed by atoms with Gasteiger partial charge < -0.3 is 4.42 Å². The lowest BCUT2D eigenvalue weighted by molar-refractivity contribution is -0.143. The first-order chi connectivity index (χ1) is 8.89. The molecule has 1 aromatic rings. The van der Waals surface area contributed by atoms with Crippen molar-refractivity contribution in [2.45, 2.75) is 26.7 Å². The van der Waals surface area contributed by atoms with Crippen LogP contribution < -0.4 is 0 Å². The van der Waals surface area contributed by atoms with E-state index in [2.05, 4.69) is 0 Å². The van der Waals surface area contributed by atoms with E-state index in [1.807, 2.05) is 13.8 Å². The van der Waals surface area contributed by atoms with E-state index in [1.54, 1.807) is 12.1 Å². The van der Waals surface area contributed by atoms with Crippen LogP contribution >= 0.6 is 0 Å². The molecule has 4 heteroatoms. The Morgan fingerprint density at radius 3 is 2.47 bits per heavy atom. The summed E-state index contributed by atoms with van der Waals surface area (Å²) in [5.41, 5.74) is -0.338. The largest absolute Gasteiger partial charge is 0.465 e. The zero-order valence-corrected chi connectivity index (χ0v) is 11.0. The van der Waals surface area contributed by atoms with Gasteiger partial charge in [0.2, 0.25) is 0 Å². The van der Waals surface area contributed by atoms with E-state index in [4.69, 9.17) is 4.42 Å². The number of Topliss-reactive ketones (excluding diaryl/α,β-unsaturated/α-hetero) is 2. The van der Waals surface area contributed by atoms with E-state index >= 15 is 0 Å². The first-order valence-corrected chi connectivity index (χ1v) is 6.20. The fourth-order valence-electron chi connectivity index (χ4n) is 2.35. The molecule has 19 heavy (non-hydrogen) atoms. The molecule has 0 aromatic carbocycles. The summed E-state index contributed by atoms with van der Waals surface area (Å²) < 4.78 is 5.05. The SMILES string of the molecule is CC1(C)CC(=O)C(C(=O)/C=C/c2ccco2)C(=O)C1. The number of ketones is 3. The van der Waals surface area contributed by atoms with Crippen molar-refractivity contribution < 1.29 is 18.8 Å². The van der Waals surface area contributed by atoms with Gasteiger partial charge in [-0.2, -0.15) is 0 Å². The summed E-state index contributed by atoms with van der Waals surface area (Å²) in [6, 6.07) is 3.39. The van der Waals surface area contributed by atoms with Crippen LogP contribution in [0.4, 0.5) is 0 Å². The van der Waals surface area contributed by atoms with Crippen molar-refractivity contribution >= 4 is 23.4 Å². The maximum atomic E-state index is 12.0. The third kappa shape index (κ3) is 3.08. The predicted molar refractivity (Wildman–Crippen MR) is 69.3 cm³/mol. The topological polar surface area (TPSA) is 64.3 Å². The van der Waals surface area contributed by atoms with Crippen molar-refractivity contribution in [2.75, 3.05) is 0 Å². The number of allylic oxidation sites excluding steroid dienone is 1. The van der Waals surface area contributed by atoms with E-state index < -0.39 is 11.7 Å². The summed E-state index contributed by atoms with van der Waals surface area (Å²) in [4.78, 5) is 35.8. The Morgan fingerprint density at radius 1 is 1.32 bits per heavy atom. The lowest BCUT2D eigenvalue weighted by Gasteiger charge is -2.30. The first-order valence-electron chi connectivity index (χ1n) is 6.20. The van der Waals surface area contributed by atoms with Crippen LogP contribution in [0, 0.1) is 11.3 Å². The molecule has 2 rings (SSSR count). The van der Waals surface area contributed by atoms with Crippen molar-refractivity contribution in [3.8, 4) is 0 Å². The van der Waals surface area contributed by atoms with Gasteiger partial charge in [0.25, 0.3) is 0 Å². The van der Waals surface area contributed by atoms with E-state index in [0.29, 0.717) is 5.76 Å². The molecule has 1 aromatic heterocycles. The number of carbonyl (C=O) groups excluding carboxylic acids is 3. The van der Waals surface area contributed by atoms with Gasteiger partial charge in [0.15, 0.2) is 17.3 Å². The Hall–Kier alpha value is -1.97. The van der Waals surface area contributed by atoms with Gasteiger partial charge >= 0.3 is 0 Å². The lowest BCUT2D eigenvalue weighted by atomic mass is 9.70. The maximum Gasteiger partial charge on any atom is 0.173 e. The van der Waals surface area contributed by atoms with E-state index in [-0.39, 0.29) is 29.8 Å². The van der Waals surface area contributed by atoms with Crippen LogP contribution in [0.2, 0.25) is 0 Å². The molecule has 100 valence electrons. The smallest absolute Gasteiger partial charge is 0.173 e. The van der Waals surface area contributed by atoms with Gasteiger partial charge in [-0.15, -0.1) is 0 Å². The highest BCUT2D eigenvalue weighted by Gasteiger charge is 2.42. The van der Waals surface area contributed by atoms with Crippen LogP contribution in [0.15, 0.2) is 28.9 Å². The van der Waals surface area contributed by atoms with Crippen LogP contribution in [0.3, 0.4) is 0 Å². The molecule has 4 nitrogen and oxygen atoms in total. The second kappa shape index (κ2) is 4.96. The zero-order valence-electron chi connectivity index (χ0n) is 11.0. The molecule has 0 aliphatic heterocycles. The summed E-state index contributed by atoms with van der Waals surface area (Å²) in [6.45, 7) is 3.73. The zero-order chi connectivity index (χ0) is 14.0. The molecule has 0 unspecified atom stereocenters. The molecule has 0 amide bonds. The van der Waals surface area contributed by atoms with Gasteiger partial charge in [0.1, 0.15) is 11.7 Å². The second-order valence-electron chi connectivity index (χ2n) is 5.63. The second-order valence-corrected chi connectivity index (χ2v) is 5.63. The fourth-order valence-corrected chi connectivity index (χ4v) is 2.35. The third-order valence-electron chi connectivity index (χ3n) is 3.19. The van der Waals surface area contributed by atoms with Crippen molar-refractivity contribution in [1.82, 2.24) is 0 Å². The number of furan rings is 1. The quantitative estimate of drug-likeness (QED) is 0.618. The molecule has 0 bridgehead atoms. The highest BCUT2D eigenvalue weighted by molar-refractivity contribution is 6.24. The third-order valence-corrected chi connectivity index (χ3v) is 3.19. The minimum Gasteiger partial charge on any atom is -0.465 e. The normalized spacial score (nSPS) is 20.1. The number of hydrogen-bond donors (Lipinski definition) is 0. The van der Waals surface area contributed by atoms with Crippen LogP contribution in [-0.4, -0.2) is 17.3 Å². The van der Waals surface area contributed by atoms with Crippen LogP contribution in [0.1, 0.15) is 32.4 Å². The Kier molecular flexibility index (Phi) is 3.51. The molecule has 0 radical (unpaired) electrons. The lowest BCUT2D eigenvalue weighted by Crippen LogP contribution is -2.41. The van der Waals surface area contributed by atoms with E-state index in [9.17, 15) is 14.4 Å². The number of rotatable bonds is 3. The molecule has 1 aliphatic rings. The molecule has 1 aliphatic carbocycles. The average Bonchev–Trinajstić information content (AvgIpc) is 2.76. The van der Waals surface area contributed by atoms with Gasteiger partial charge in [-0.25, -0.2) is 0 Å². The fraction of sp³-hybridized carbons (Fsp3) is 0.400. The molecule has 1 saturated carbocycles. The van der Waals surface area contributed by atoms with Gasteiger partial charge in [-0.3, -0.25) is 14.4 Å². The molecule has 0 atom stereocenters. The number of carbonyl (C=O) groups is 3. The summed E-state index contributed by atoms with van der Waals surface area (Å²) in [5, 5.41) is 0. The summed E-state index contributed by atoms with van der Waals surface area (Å²) >= 11 is 0. The highest BCUT2D eigenvalue weighted by Crippen LogP contribution is 2.34. The molecule has 0 saturated heterocycles. The molecule has 1 fully saturated rings. The Bertz CT molecular complexity index is 515. The Morgan fingerprint density at radius 2 is 1.95 bits per heavy atom. The molecular weight excluding hydrogens is 244 g/mol. The summed E-state index contributed by atoms with van der Waals surface area (Å²) in [6.07, 6.45) is 4.75. The Labute approximate surface area is 111 Å². The molecular formula is C15H16O4. The van der Waals surface area contributed by atoms with Crippen molar-refractivity contribution in [2.24, 2.45) is 11.3 Å².